The van der Waals surface area contributed by atoms with Crippen LogP contribution in [0.1, 0.15) is 27.7 Å². The van der Waals surface area contributed by atoms with Crippen molar-refractivity contribution in [3.05, 3.63) is 21.4 Å². The molecular weight excluding hydrogens is 248 g/mol. The molecule has 0 saturated carbocycles. The van der Waals surface area contributed by atoms with E-state index in [2.05, 4.69) is 0 Å². The van der Waals surface area contributed by atoms with Gasteiger partial charge in [0.05, 0.1) is 5.56 Å². The number of amides is 2. The van der Waals surface area contributed by atoms with Crippen molar-refractivity contribution in [1.82, 2.24) is 9.80 Å². The standard InChI is InChI=1S/C13H18N2O2S/c1-9-10(2)18-8-12(9)13(17)15-6-4-14(5-7-15)11(3)16/h8H,4-7H2,1-3H3. The lowest BCUT2D eigenvalue weighted by Crippen LogP contribution is -2.50. The van der Waals surface area contributed by atoms with Gasteiger partial charge in [-0.05, 0) is 19.4 Å². The van der Waals surface area contributed by atoms with Crippen LogP contribution in [0.25, 0.3) is 0 Å². The SMILES string of the molecule is CC(=O)N1CCN(C(=O)c2csc(C)c2C)CC1. The molecule has 0 radical (unpaired) electrons. The molecule has 0 N–H and O–H groups in total. The van der Waals surface area contributed by atoms with E-state index in [0.717, 1.165) is 11.1 Å². The molecule has 0 atom stereocenters. The molecule has 4 nitrogen and oxygen atoms in total. The van der Waals surface area contributed by atoms with Gasteiger partial charge >= 0.3 is 0 Å². The molecule has 2 amide bonds. The third-order valence-electron chi connectivity index (χ3n) is 3.53. The van der Waals surface area contributed by atoms with Gasteiger partial charge in [0.1, 0.15) is 0 Å². The van der Waals surface area contributed by atoms with E-state index in [1.54, 1.807) is 23.2 Å². The number of carbonyl (C=O) groups is 2. The van der Waals surface area contributed by atoms with Crippen LogP contribution < -0.4 is 0 Å². The molecule has 0 spiro atoms. The van der Waals surface area contributed by atoms with Gasteiger partial charge in [0.15, 0.2) is 0 Å². The molecule has 2 rings (SSSR count). The average Bonchev–Trinajstić information content (AvgIpc) is 2.69. The van der Waals surface area contributed by atoms with Crippen LogP contribution in [0.2, 0.25) is 0 Å². The zero-order valence-electron chi connectivity index (χ0n) is 11.0. The van der Waals surface area contributed by atoms with Gasteiger partial charge in [-0.2, -0.15) is 0 Å². The van der Waals surface area contributed by atoms with Crippen molar-refractivity contribution in [3.8, 4) is 0 Å². The molecule has 98 valence electrons. The number of aryl methyl sites for hydroxylation is 1. The van der Waals surface area contributed by atoms with Crippen LogP contribution in [0.4, 0.5) is 0 Å². The highest BCUT2D eigenvalue weighted by atomic mass is 32.1. The first-order chi connectivity index (χ1) is 8.50. The fraction of sp³-hybridized carbons (Fsp3) is 0.538. The number of rotatable bonds is 1. The molecule has 1 aromatic heterocycles. The second-order valence-corrected chi connectivity index (χ2v) is 5.71. The van der Waals surface area contributed by atoms with Crippen molar-refractivity contribution < 1.29 is 9.59 Å². The number of piperazine rings is 1. The Kier molecular flexibility index (Phi) is 3.71. The molecule has 0 bridgehead atoms. The minimum atomic E-state index is 0.0876. The van der Waals surface area contributed by atoms with Gasteiger partial charge < -0.3 is 9.80 Å². The summed E-state index contributed by atoms with van der Waals surface area (Å²) in [4.78, 5) is 28.4. The molecule has 1 saturated heterocycles. The number of carbonyl (C=O) groups excluding carboxylic acids is 2. The topological polar surface area (TPSA) is 40.6 Å². The number of hydrogen-bond donors (Lipinski definition) is 0. The predicted octanol–water partition coefficient (Wildman–Crippen LogP) is 1.67. The molecule has 0 aliphatic carbocycles. The molecule has 18 heavy (non-hydrogen) atoms. The highest BCUT2D eigenvalue weighted by Crippen LogP contribution is 2.22. The highest BCUT2D eigenvalue weighted by molar-refractivity contribution is 7.10. The first kappa shape index (κ1) is 13.1. The summed E-state index contributed by atoms with van der Waals surface area (Å²) >= 11 is 1.62. The molecule has 5 heteroatoms. The lowest BCUT2D eigenvalue weighted by atomic mass is 10.1. The Balaban J connectivity index is 2.04. The number of hydrogen-bond acceptors (Lipinski definition) is 3. The van der Waals surface area contributed by atoms with Gasteiger partial charge in [-0.1, -0.05) is 0 Å². The van der Waals surface area contributed by atoms with E-state index in [-0.39, 0.29) is 11.8 Å². The molecule has 1 fully saturated rings. The smallest absolute Gasteiger partial charge is 0.255 e. The summed E-state index contributed by atoms with van der Waals surface area (Å²) in [6, 6.07) is 0. The van der Waals surface area contributed by atoms with Gasteiger partial charge in [-0.15, -0.1) is 11.3 Å². The van der Waals surface area contributed by atoms with Crippen LogP contribution in [0, 0.1) is 13.8 Å². The first-order valence-corrected chi connectivity index (χ1v) is 6.98. The van der Waals surface area contributed by atoms with Crippen molar-refractivity contribution in [1.29, 1.82) is 0 Å². The van der Waals surface area contributed by atoms with Crippen molar-refractivity contribution in [3.63, 3.8) is 0 Å². The monoisotopic (exact) mass is 266 g/mol. The van der Waals surface area contributed by atoms with E-state index in [1.807, 2.05) is 24.1 Å². The minimum absolute atomic E-state index is 0.0876. The maximum absolute atomic E-state index is 12.3. The fourth-order valence-electron chi connectivity index (χ4n) is 2.12. The van der Waals surface area contributed by atoms with Crippen LogP contribution in [-0.2, 0) is 4.79 Å². The van der Waals surface area contributed by atoms with E-state index < -0.39 is 0 Å². The highest BCUT2D eigenvalue weighted by Gasteiger charge is 2.24. The lowest BCUT2D eigenvalue weighted by molar-refractivity contribution is -0.130. The summed E-state index contributed by atoms with van der Waals surface area (Å²) in [5.74, 6) is 0.185. The number of nitrogens with zero attached hydrogens (tertiary/aromatic N) is 2. The zero-order chi connectivity index (χ0) is 13.3. The summed E-state index contributed by atoms with van der Waals surface area (Å²) in [5, 5.41) is 1.93. The average molecular weight is 266 g/mol. The molecule has 0 aromatic carbocycles. The fourth-order valence-corrected chi connectivity index (χ4v) is 2.98. The van der Waals surface area contributed by atoms with Gasteiger partial charge in [0.2, 0.25) is 5.91 Å². The predicted molar refractivity (Wildman–Crippen MR) is 72.0 cm³/mol. The van der Waals surface area contributed by atoms with Gasteiger partial charge in [0.25, 0.3) is 5.91 Å². The van der Waals surface area contributed by atoms with Crippen molar-refractivity contribution in [2.24, 2.45) is 0 Å². The molecule has 1 aromatic rings. The molecule has 1 aliphatic rings. The Hall–Kier alpha value is -1.36. The van der Waals surface area contributed by atoms with Crippen molar-refractivity contribution >= 4 is 23.2 Å². The number of thiophene rings is 1. The maximum Gasteiger partial charge on any atom is 0.255 e. The van der Waals surface area contributed by atoms with Crippen LogP contribution in [0.15, 0.2) is 5.38 Å². The lowest BCUT2D eigenvalue weighted by Gasteiger charge is -2.34. The second-order valence-electron chi connectivity index (χ2n) is 4.63. The zero-order valence-corrected chi connectivity index (χ0v) is 11.8. The van der Waals surface area contributed by atoms with Gasteiger partial charge in [0, 0.05) is 43.4 Å². The molecular formula is C13H18N2O2S. The van der Waals surface area contributed by atoms with Crippen molar-refractivity contribution in [2.45, 2.75) is 20.8 Å². The quantitative estimate of drug-likeness (QED) is 0.776. The third kappa shape index (κ3) is 2.41. The minimum Gasteiger partial charge on any atom is -0.339 e. The van der Waals surface area contributed by atoms with Crippen molar-refractivity contribution in [2.75, 3.05) is 26.2 Å². The van der Waals surface area contributed by atoms with E-state index in [0.29, 0.717) is 26.2 Å². The van der Waals surface area contributed by atoms with E-state index in [1.165, 1.54) is 4.88 Å². The first-order valence-electron chi connectivity index (χ1n) is 6.10. The molecule has 1 aliphatic heterocycles. The molecule has 0 unspecified atom stereocenters. The summed E-state index contributed by atoms with van der Waals surface area (Å²) < 4.78 is 0. The van der Waals surface area contributed by atoms with Crippen LogP contribution in [0.3, 0.4) is 0 Å². The van der Waals surface area contributed by atoms with E-state index in [4.69, 9.17) is 0 Å². The largest absolute Gasteiger partial charge is 0.339 e. The Morgan fingerprint density at radius 3 is 2.11 bits per heavy atom. The summed E-state index contributed by atoms with van der Waals surface area (Å²) in [6.45, 7) is 8.14. The van der Waals surface area contributed by atoms with E-state index in [9.17, 15) is 9.59 Å². The summed E-state index contributed by atoms with van der Waals surface area (Å²) in [6.07, 6.45) is 0. The Morgan fingerprint density at radius 2 is 1.67 bits per heavy atom. The second kappa shape index (κ2) is 5.10. The Bertz CT molecular complexity index is 473. The van der Waals surface area contributed by atoms with Crippen LogP contribution in [-0.4, -0.2) is 47.8 Å². The summed E-state index contributed by atoms with van der Waals surface area (Å²) in [7, 11) is 0. The van der Waals surface area contributed by atoms with Gasteiger partial charge in [-0.3, -0.25) is 9.59 Å². The van der Waals surface area contributed by atoms with Crippen LogP contribution in [0.5, 0.6) is 0 Å². The van der Waals surface area contributed by atoms with Gasteiger partial charge in [-0.25, -0.2) is 0 Å². The third-order valence-corrected chi connectivity index (χ3v) is 4.54. The molecule has 2 heterocycles. The normalized spacial score (nSPS) is 15.9. The van der Waals surface area contributed by atoms with E-state index >= 15 is 0 Å². The maximum atomic E-state index is 12.3. The summed E-state index contributed by atoms with van der Waals surface area (Å²) in [5.41, 5.74) is 1.90. The Morgan fingerprint density at radius 1 is 1.11 bits per heavy atom. The van der Waals surface area contributed by atoms with Crippen LogP contribution >= 0.6 is 11.3 Å². The Labute approximate surface area is 111 Å².